The molecule has 1 atom stereocenters. The Morgan fingerprint density at radius 3 is 2.48 bits per heavy atom. The number of nitrogens with zero attached hydrogens (tertiary/aromatic N) is 4. The van der Waals surface area contributed by atoms with E-state index >= 15 is 0 Å². The highest BCUT2D eigenvalue weighted by molar-refractivity contribution is 5.68. The summed E-state index contributed by atoms with van der Waals surface area (Å²) in [6.45, 7) is 8.47. The van der Waals surface area contributed by atoms with Crippen molar-refractivity contribution in [1.82, 2.24) is 19.5 Å². The van der Waals surface area contributed by atoms with E-state index in [0.29, 0.717) is 38.2 Å². The molecule has 4 rings (SSSR count). The lowest BCUT2D eigenvalue weighted by atomic mass is 9.80. The standard InChI is InChI=1S/C23H31F3N4O3/c1-14-11-18(19-13-29(9-10-32-19)21(31)33-22(2,3)4)30-20(27-14)12-17(28-30)15-5-7-16(8-6-15)23(24,25)26/h11-12,15-16,19H,5-10,13H2,1-4H3/t15-,16-,19-/m1/s1. The van der Waals surface area contributed by atoms with E-state index < -0.39 is 23.8 Å². The van der Waals surface area contributed by atoms with Gasteiger partial charge in [-0.15, -0.1) is 0 Å². The number of halogens is 3. The van der Waals surface area contributed by atoms with Gasteiger partial charge in [0.25, 0.3) is 0 Å². The molecule has 0 N–H and O–H groups in total. The summed E-state index contributed by atoms with van der Waals surface area (Å²) in [6.07, 6.45) is -3.78. The zero-order valence-corrected chi connectivity index (χ0v) is 19.5. The molecule has 33 heavy (non-hydrogen) atoms. The van der Waals surface area contributed by atoms with Gasteiger partial charge in [0.15, 0.2) is 5.65 Å². The van der Waals surface area contributed by atoms with Gasteiger partial charge in [-0.05, 0) is 59.4 Å². The Morgan fingerprint density at radius 1 is 1.15 bits per heavy atom. The second kappa shape index (κ2) is 8.77. The summed E-state index contributed by atoms with van der Waals surface area (Å²) in [5.74, 6) is -1.25. The van der Waals surface area contributed by atoms with Crippen molar-refractivity contribution in [3.8, 4) is 0 Å². The number of hydrogen-bond acceptors (Lipinski definition) is 5. The molecule has 2 aliphatic rings. The molecule has 0 spiro atoms. The maximum atomic E-state index is 13.0. The number of fused-ring (bicyclic) bond motifs is 1. The van der Waals surface area contributed by atoms with Gasteiger partial charge < -0.3 is 14.4 Å². The Bertz CT molecular complexity index is 1010. The zero-order chi connectivity index (χ0) is 24.0. The zero-order valence-electron chi connectivity index (χ0n) is 19.5. The predicted molar refractivity (Wildman–Crippen MR) is 115 cm³/mol. The third-order valence-corrected chi connectivity index (χ3v) is 6.26. The molecule has 1 saturated heterocycles. The van der Waals surface area contributed by atoms with Gasteiger partial charge in [0.2, 0.25) is 0 Å². The van der Waals surface area contributed by atoms with Gasteiger partial charge in [-0.2, -0.15) is 18.3 Å². The summed E-state index contributed by atoms with van der Waals surface area (Å²) in [4.78, 5) is 18.8. The average Bonchev–Trinajstić information content (AvgIpc) is 3.15. The number of ether oxygens (including phenoxy) is 2. The number of carbonyl (C=O) groups excluding carboxylic acids is 1. The number of hydrogen-bond donors (Lipinski definition) is 0. The normalized spacial score (nSPS) is 24.8. The van der Waals surface area contributed by atoms with Crippen LogP contribution >= 0.6 is 0 Å². The van der Waals surface area contributed by atoms with Gasteiger partial charge >= 0.3 is 12.3 Å². The SMILES string of the molecule is Cc1cc([C@H]2CN(C(=O)OC(C)(C)C)CCO2)n2nc([C@H]3CC[C@H](C(F)(F)F)CC3)cc2n1. The topological polar surface area (TPSA) is 69.0 Å². The first-order valence-corrected chi connectivity index (χ1v) is 11.4. The van der Waals surface area contributed by atoms with Crippen LogP contribution in [0.15, 0.2) is 12.1 Å². The van der Waals surface area contributed by atoms with Crippen molar-refractivity contribution in [3.05, 3.63) is 29.2 Å². The van der Waals surface area contributed by atoms with Crippen molar-refractivity contribution in [1.29, 1.82) is 0 Å². The lowest BCUT2D eigenvalue weighted by Gasteiger charge is -2.34. The second-order valence-electron chi connectivity index (χ2n) is 10.0. The number of amides is 1. The number of morpholine rings is 1. The van der Waals surface area contributed by atoms with Crippen LogP contribution in [0, 0.1) is 12.8 Å². The minimum Gasteiger partial charge on any atom is -0.444 e. The van der Waals surface area contributed by atoms with Gasteiger partial charge in [-0.3, -0.25) is 0 Å². The third kappa shape index (κ3) is 5.42. The van der Waals surface area contributed by atoms with E-state index in [1.54, 1.807) is 9.42 Å². The van der Waals surface area contributed by atoms with Crippen LogP contribution < -0.4 is 0 Å². The van der Waals surface area contributed by atoms with E-state index in [0.717, 1.165) is 17.1 Å². The minimum absolute atomic E-state index is 0.0241. The molecule has 1 aliphatic carbocycles. The van der Waals surface area contributed by atoms with Crippen molar-refractivity contribution < 1.29 is 27.4 Å². The Morgan fingerprint density at radius 2 is 1.85 bits per heavy atom. The molecule has 182 valence electrons. The van der Waals surface area contributed by atoms with Crippen LogP contribution in [0.4, 0.5) is 18.0 Å². The van der Waals surface area contributed by atoms with E-state index in [4.69, 9.17) is 14.6 Å². The minimum atomic E-state index is -4.13. The van der Waals surface area contributed by atoms with Crippen LogP contribution in [0.3, 0.4) is 0 Å². The Balaban J connectivity index is 1.55. The maximum Gasteiger partial charge on any atom is 0.410 e. The first-order valence-electron chi connectivity index (χ1n) is 11.4. The number of rotatable bonds is 2. The van der Waals surface area contributed by atoms with Crippen LogP contribution in [0.2, 0.25) is 0 Å². The molecular formula is C23H31F3N4O3. The van der Waals surface area contributed by atoms with Crippen molar-refractivity contribution in [2.45, 2.75) is 77.2 Å². The fourth-order valence-electron chi connectivity index (χ4n) is 4.61. The van der Waals surface area contributed by atoms with E-state index in [2.05, 4.69) is 4.98 Å². The summed E-state index contributed by atoms with van der Waals surface area (Å²) >= 11 is 0. The molecule has 0 bridgehead atoms. The summed E-state index contributed by atoms with van der Waals surface area (Å²) in [5, 5.41) is 4.73. The Hall–Kier alpha value is -2.36. The highest BCUT2D eigenvalue weighted by atomic mass is 19.4. The van der Waals surface area contributed by atoms with E-state index in [1.165, 1.54) is 0 Å². The van der Waals surface area contributed by atoms with Gasteiger partial charge in [-0.1, -0.05) is 0 Å². The van der Waals surface area contributed by atoms with Gasteiger partial charge in [-0.25, -0.2) is 14.3 Å². The van der Waals surface area contributed by atoms with Gasteiger partial charge in [0.1, 0.15) is 11.7 Å². The number of aromatic nitrogens is 3. The van der Waals surface area contributed by atoms with Crippen molar-refractivity contribution >= 4 is 11.7 Å². The van der Waals surface area contributed by atoms with Gasteiger partial charge in [0.05, 0.1) is 30.5 Å². The molecule has 1 saturated carbocycles. The number of aryl methyl sites for hydroxylation is 1. The van der Waals surface area contributed by atoms with Crippen LogP contribution in [-0.2, 0) is 9.47 Å². The maximum absolute atomic E-state index is 13.0. The Labute approximate surface area is 191 Å². The molecule has 2 fully saturated rings. The van der Waals surface area contributed by atoms with Crippen molar-refractivity contribution in [2.24, 2.45) is 5.92 Å². The monoisotopic (exact) mass is 468 g/mol. The molecule has 0 aromatic carbocycles. The first-order chi connectivity index (χ1) is 15.4. The molecule has 2 aromatic rings. The molecular weight excluding hydrogens is 437 g/mol. The quantitative estimate of drug-likeness (QED) is 0.607. The average molecular weight is 469 g/mol. The van der Waals surface area contributed by atoms with E-state index in [1.807, 2.05) is 39.8 Å². The smallest absolute Gasteiger partial charge is 0.410 e. The number of alkyl halides is 3. The Kier molecular flexibility index (Phi) is 6.32. The molecule has 3 heterocycles. The fraction of sp³-hybridized carbons (Fsp3) is 0.696. The van der Waals surface area contributed by atoms with Crippen molar-refractivity contribution in [3.63, 3.8) is 0 Å². The third-order valence-electron chi connectivity index (χ3n) is 6.26. The molecule has 10 heteroatoms. The highest BCUT2D eigenvalue weighted by Gasteiger charge is 2.42. The lowest BCUT2D eigenvalue weighted by Crippen LogP contribution is -2.45. The lowest BCUT2D eigenvalue weighted by molar-refractivity contribution is -0.182. The van der Waals surface area contributed by atoms with E-state index in [-0.39, 0.29) is 24.9 Å². The molecule has 2 aromatic heterocycles. The van der Waals surface area contributed by atoms with Crippen LogP contribution in [-0.4, -0.2) is 57.1 Å². The summed E-state index contributed by atoms with van der Waals surface area (Å²) in [6, 6.07) is 3.75. The summed E-state index contributed by atoms with van der Waals surface area (Å²) < 4.78 is 52.3. The highest BCUT2D eigenvalue weighted by Crippen LogP contribution is 2.42. The second-order valence-corrected chi connectivity index (χ2v) is 10.0. The van der Waals surface area contributed by atoms with Crippen LogP contribution in [0.1, 0.15) is 75.6 Å². The van der Waals surface area contributed by atoms with Crippen molar-refractivity contribution in [2.75, 3.05) is 19.7 Å². The van der Waals surface area contributed by atoms with E-state index in [9.17, 15) is 18.0 Å². The largest absolute Gasteiger partial charge is 0.444 e. The summed E-state index contributed by atoms with van der Waals surface area (Å²) in [7, 11) is 0. The predicted octanol–water partition coefficient (Wildman–Crippen LogP) is 5.18. The summed E-state index contributed by atoms with van der Waals surface area (Å²) in [5.41, 5.74) is 2.35. The molecule has 0 radical (unpaired) electrons. The molecule has 1 amide bonds. The van der Waals surface area contributed by atoms with Crippen LogP contribution in [0.5, 0.6) is 0 Å². The molecule has 0 unspecified atom stereocenters. The fourth-order valence-corrected chi connectivity index (χ4v) is 4.61. The molecule has 1 aliphatic heterocycles. The first kappa shape index (κ1) is 23.8. The molecule has 7 nitrogen and oxygen atoms in total. The number of carbonyl (C=O) groups is 1. The van der Waals surface area contributed by atoms with Crippen LogP contribution in [0.25, 0.3) is 5.65 Å². The van der Waals surface area contributed by atoms with Gasteiger partial charge in [0, 0.05) is 24.2 Å².